The lowest BCUT2D eigenvalue weighted by molar-refractivity contribution is 0.306. The molecule has 4 rings (SSSR count). The van der Waals surface area contributed by atoms with Gasteiger partial charge in [0.05, 0.1) is 0 Å². The number of hydrogen-bond acceptors (Lipinski definition) is 4. The van der Waals surface area contributed by atoms with E-state index in [4.69, 9.17) is 9.26 Å². The third-order valence-corrected chi connectivity index (χ3v) is 4.23. The largest absolute Gasteiger partial charge is 0.489 e. The first kappa shape index (κ1) is 17.0. The molecule has 0 spiro atoms. The average molecular weight is 360 g/mol. The van der Waals surface area contributed by atoms with Crippen LogP contribution < -0.4 is 4.74 Å². The zero-order valence-electron chi connectivity index (χ0n) is 14.7. The molecule has 0 N–H and O–H groups in total. The molecule has 1 heterocycles. The minimum absolute atomic E-state index is 0.256. The molecule has 0 unspecified atom stereocenters. The normalized spacial score (nSPS) is 10.7. The molecule has 0 bridgehead atoms. The van der Waals surface area contributed by atoms with Crippen molar-refractivity contribution >= 4 is 0 Å². The summed E-state index contributed by atoms with van der Waals surface area (Å²) in [5.74, 6) is 1.48. The van der Waals surface area contributed by atoms with Crippen molar-refractivity contribution in [2.75, 3.05) is 0 Å². The SMILES string of the molecule is Cc1ccccc1-c1nc(-c2ccc(OCc3ccc(F)cc3)cc2)no1. The molecule has 5 heteroatoms. The molecule has 0 fully saturated rings. The van der Waals surface area contributed by atoms with Crippen molar-refractivity contribution < 1.29 is 13.7 Å². The second-order valence-electron chi connectivity index (χ2n) is 6.18. The summed E-state index contributed by atoms with van der Waals surface area (Å²) < 4.78 is 24.1. The van der Waals surface area contributed by atoms with Gasteiger partial charge in [0.15, 0.2) is 0 Å². The monoisotopic (exact) mass is 360 g/mol. The van der Waals surface area contributed by atoms with Crippen molar-refractivity contribution in [3.05, 3.63) is 89.7 Å². The molecule has 0 aliphatic heterocycles. The van der Waals surface area contributed by atoms with Crippen molar-refractivity contribution in [2.24, 2.45) is 0 Å². The van der Waals surface area contributed by atoms with Crippen LogP contribution in [0, 0.1) is 12.7 Å². The van der Waals surface area contributed by atoms with Gasteiger partial charge in [-0.05, 0) is 60.5 Å². The highest BCUT2D eigenvalue weighted by molar-refractivity contribution is 5.62. The van der Waals surface area contributed by atoms with Crippen LogP contribution in [0.2, 0.25) is 0 Å². The number of nitrogens with zero attached hydrogens (tertiary/aromatic N) is 2. The lowest BCUT2D eigenvalue weighted by Gasteiger charge is -2.06. The average Bonchev–Trinajstić information content (AvgIpc) is 3.18. The highest BCUT2D eigenvalue weighted by atomic mass is 19.1. The molecule has 0 atom stereocenters. The van der Waals surface area contributed by atoms with Crippen molar-refractivity contribution in [1.29, 1.82) is 0 Å². The van der Waals surface area contributed by atoms with Crippen molar-refractivity contribution in [2.45, 2.75) is 13.5 Å². The second-order valence-corrected chi connectivity index (χ2v) is 6.18. The number of aromatic nitrogens is 2. The number of rotatable bonds is 5. The van der Waals surface area contributed by atoms with Gasteiger partial charge in [-0.1, -0.05) is 35.5 Å². The maximum Gasteiger partial charge on any atom is 0.258 e. The van der Waals surface area contributed by atoms with Gasteiger partial charge in [0.25, 0.3) is 5.89 Å². The minimum Gasteiger partial charge on any atom is -0.489 e. The van der Waals surface area contributed by atoms with E-state index in [9.17, 15) is 4.39 Å². The van der Waals surface area contributed by atoms with Gasteiger partial charge in [-0.3, -0.25) is 0 Å². The summed E-state index contributed by atoms with van der Waals surface area (Å²) in [6, 6.07) is 21.6. The van der Waals surface area contributed by atoms with E-state index in [2.05, 4.69) is 10.1 Å². The molecular weight excluding hydrogens is 343 g/mol. The zero-order chi connectivity index (χ0) is 18.6. The van der Waals surface area contributed by atoms with Crippen LogP contribution in [0.1, 0.15) is 11.1 Å². The molecule has 4 nitrogen and oxygen atoms in total. The van der Waals surface area contributed by atoms with E-state index in [0.717, 1.165) is 22.3 Å². The Kier molecular flexibility index (Phi) is 4.66. The van der Waals surface area contributed by atoms with Gasteiger partial charge in [0.2, 0.25) is 5.82 Å². The summed E-state index contributed by atoms with van der Waals surface area (Å²) >= 11 is 0. The molecule has 3 aromatic carbocycles. The smallest absolute Gasteiger partial charge is 0.258 e. The Morgan fingerprint density at radius 1 is 0.926 bits per heavy atom. The quantitative estimate of drug-likeness (QED) is 0.476. The van der Waals surface area contributed by atoms with Gasteiger partial charge in [-0.2, -0.15) is 4.98 Å². The van der Waals surface area contributed by atoms with E-state index in [0.29, 0.717) is 24.1 Å². The second kappa shape index (κ2) is 7.41. The Morgan fingerprint density at radius 2 is 1.67 bits per heavy atom. The standard InChI is InChI=1S/C22H17FN2O2/c1-15-4-2-3-5-20(15)22-24-21(25-27-22)17-8-12-19(13-9-17)26-14-16-6-10-18(23)11-7-16/h2-13H,14H2,1H3. The van der Waals surface area contributed by atoms with Crippen LogP contribution in [-0.2, 0) is 6.61 Å². The summed E-state index contributed by atoms with van der Waals surface area (Å²) in [4.78, 5) is 4.49. The molecule has 0 radical (unpaired) electrons. The van der Waals surface area contributed by atoms with Crippen molar-refractivity contribution in [1.82, 2.24) is 10.1 Å². The molecule has 0 aliphatic rings. The van der Waals surface area contributed by atoms with Gasteiger partial charge in [-0.15, -0.1) is 0 Å². The third-order valence-electron chi connectivity index (χ3n) is 4.23. The summed E-state index contributed by atoms with van der Waals surface area (Å²) in [5.41, 5.74) is 3.75. The van der Waals surface area contributed by atoms with Gasteiger partial charge in [0, 0.05) is 11.1 Å². The molecule has 0 amide bonds. The van der Waals surface area contributed by atoms with Crippen LogP contribution in [0.4, 0.5) is 4.39 Å². The molecule has 0 saturated carbocycles. The Labute approximate surface area is 156 Å². The van der Waals surface area contributed by atoms with Crippen LogP contribution in [-0.4, -0.2) is 10.1 Å². The maximum atomic E-state index is 12.9. The van der Waals surface area contributed by atoms with Crippen molar-refractivity contribution in [3.63, 3.8) is 0 Å². The lowest BCUT2D eigenvalue weighted by Crippen LogP contribution is -1.95. The highest BCUT2D eigenvalue weighted by Crippen LogP contribution is 2.26. The molecule has 0 aliphatic carbocycles. The first-order valence-electron chi connectivity index (χ1n) is 8.56. The van der Waals surface area contributed by atoms with E-state index < -0.39 is 0 Å². The van der Waals surface area contributed by atoms with Crippen LogP contribution in [0.25, 0.3) is 22.8 Å². The van der Waals surface area contributed by atoms with Crippen molar-refractivity contribution in [3.8, 4) is 28.6 Å². The highest BCUT2D eigenvalue weighted by Gasteiger charge is 2.12. The summed E-state index contributed by atoms with van der Waals surface area (Å²) in [5, 5.41) is 4.07. The van der Waals surface area contributed by atoms with Crippen LogP contribution >= 0.6 is 0 Å². The Hall–Kier alpha value is -3.47. The fraction of sp³-hybridized carbons (Fsp3) is 0.0909. The third kappa shape index (κ3) is 3.87. The Balaban J connectivity index is 1.46. The number of ether oxygens (including phenoxy) is 1. The number of hydrogen-bond donors (Lipinski definition) is 0. The molecule has 1 aromatic heterocycles. The predicted octanol–water partition coefficient (Wildman–Crippen LogP) is 5.43. The van der Waals surface area contributed by atoms with Gasteiger partial charge in [0.1, 0.15) is 18.2 Å². The van der Waals surface area contributed by atoms with Gasteiger partial charge >= 0.3 is 0 Å². The first-order valence-corrected chi connectivity index (χ1v) is 8.56. The number of benzene rings is 3. The molecule has 134 valence electrons. The number of aryl methyl sites for hydroxylation is 1. The fourth-order valence-electron chi connectivity index (χ4n) is 2.71. The summed E-state index contributed by atoms with van der Waals surface area (Å²) in [6.07, 6.45) is 0. The first-order chi connectivity index (χ1) is 13.2. The zero-order valence-corrected chi connectivity index (χ0v) is 14.7. The molecule has 27 heavy (non-hydrogen) atoms. The van der Waals surface area contributed by atoms with Crippen LogP contribution in [0.3, 0.4) is 0 Å². The lowest BCUT2D eigenvalue weighted by atomic mass is 10.1. The topological polar surface area (TPSA) is 48.2 Å². The van der Waals surface area contributed by atoms with E-state index in [1.54, 1.807) is 12.1 Å². The summed E-state index contributed by atoms with van der Waals surface area (Å²) in [7, 11) is 0. The van der Waals surface area contributed by atoms with Gasteiger partial charge < -0.3 is 9.26 Å². The van der Waals surface area contributed by atoms with Crippen LogP contribution in [0.5, 0.6) is 5.75 Å². The van der Waals surface area contributed by atoms with Gasteiger partial charge in [-0.25, -0.2) is 4.39 Å². The minimum atomic E-state index is -0.256. The fourth-order valence-corrected chi connectivity index (χ4v) is 2.71. The maximum absolute atomic E-state index is 12.9. The van der Waals surface area contributed by atoms with E-state index in [1.165, 1.54) is 12.1 Å². The summed E-state index contributed by atoms with van der Waals surface area (Å²) in [6.45, 7) is 2.38. The molecule has 0 saturated heterocycles. The predicted molar refractivity (Wildman–Crippen MR) is 101 cm³/mol. The van der Waals surface area contributed by atoms with Crippen LogP contribution in [0.15, 0.2) is 77.3 Å². The molecule has 4 aromatic rings. The van der Waals surface area contributed by atoms with E-state index in [1.807, 2.05) is 55.5 Å². The van der Waals surface area contributed by atoms with E-state index >= 15 is 0 Å². The number of halogens is 1. The Bertz CT molecular complexity index is 1040. The molecular formula is C22H17FN2O2. The van der Waals surface area contributed by atoms with E-state index in [-0.39, 0.29) is 5.82 Å². The Morgan fingerprint density at radius 3 is 2.41 bits per heavy atom.